The minimum Gasteiger partial charge on any atom is -0.438 e. The number of aromatic nitrogens is 1. The van der Waals surface area contributed by atoms with Gasteiger partial charge in [0.05, 0.1) is 5.02 Å². The Kier molecular flexibility index (Phi) is 5.87. The highest BCUT2D eigenvalue weighted by molar-refractivity contribution is 6.31. The molecular formula is C26H24ClFN4O2. The van der Waals surface area contributed by atoms with E-state index in [1.807, 2.05) is 32.3 Å². The normalized spacial score (nSPS) is 15.6. The monoisotopic (exact) mass is 478 g/mol. The van der Waals surface area contributed by atoms with Gasteiger partial charge in [-0.25, -0.2) is 14.2 Å². The summed E-state index contributed by atoms with van der Waals surface area (Å²) < 4.78 is 19.5. The van der Waals surface area contributed by atoms with Crippen LogP contribution < -0.4 is 10.2 Å². The third kappa shape index (κ3) is 4.31. The van der Waals surface area contributed by atoms with Gasteiger partial charge in [-0.2, -0.15) is 0 Å². The lowest BCUT2D eigenvalue weighted by Gasteiger charge is -2.22. The van der Waals surface area contributed by atoms with Crippen molar-refractivity contribution in [1.82, 2.24) is 9.88 Å². The summed E-state index contributed by atoms with van der Waals surface area (Å²) in [5, 5.41) is 2.75. The van der Waals surface area contributed by atoms with E-state index in [0.29, 0.717) is 23.7 Å². The standard InChI is InChI=1S/C26H24ClFN4O2/c1-31(2)19-9-5-16(6-10-19)17-7-12-24-22(14-17)30-25(34-24)23-4-3-13-32(23)26(33)29-18-8-11-21(28)20(27)15-18/h5-12,14-15,23H,3-4,13H2,1-2H3,(H,29,33)/t23-/m1/s1. The van der Waals surface area contributed by atoms with Crippen molar-refractivity contribution in [3.05, 3.63) is 77.4 Å². The highest BCUT2D eigenvalue weighted by atomic mass is 35.5. The Morgan fingerprint density at radius 3 is 2.62 bits per heavy atom. The second kappa shape index (κ2) is 8.99. The number of carbonyl (C=O) groups excluding carboxylic acids is 1. The van der Waals surface area contributed by atoms with Gasteiger partial charge in [-0.05, 0) is 66.4 Å². The molecule has 5 rings (SSSR count). The van der Waals surface area contributed by atoms with Crippen LogP contribution in [0.15, 0.2) is 65.1 Å². The van der Waals surface area contributed by atoms with Gasteiger partial charge in [0.25, 0.3) is 0 Å². The molecule has 1 aliphatic rings. The van der Waals surface area contributed by atoms with Gasteiger partial charge in [-0.1, -0.05) is 29.8 Å². The van der Waals surface area contributed by atoms with E-state index in [9.17, 15) is 9.18 Å². The Bertz CT molecular complexity index is 1350. The maximum atomic E-state index is 13.4. The third-order valence-electron chi connectivity index (χ3n) is 6.09. The molecule has 0 radical (unpaired) electrons. The first-order valence-corrected chi connectivity index (χ1v) is 11.5. The molecule has 0 saturated carbocycles. The van der Waals surface area contributed by atoms with Crippen molar-refractivity contribution < 1.29 is 13.6 Å². The van der Waals surface area contributed by atoms with E-state index in [0.717, 1.165) is 35.2 Å². The van der Waals surface area contributed by atoms with Gasteiger partial charge < -0.3 is 19.5 Å². The number of hydrogen-bond donors (Lipinski definition) is 1. The smallest absolute Gasteiger partial charge is 0.322 e. The SMILES string of the molecule is CN(C)c1ccc(-c2ccc3oc([C@H]4CCCN4C(=O)Nc4ccc(F)c(Cl)c4)nc3c2)cc1. The lowest BCUT2D eigenvalue weighted by atomic mass is 10.0. The number of rotatable bonds is 4. The molecule has 0 spiro atoms. The predicted octanol–water partition coefficient (Wildman–Crippen LogP) is 6.72. The van der Waals surface area contributed by atoms with E-state index in [4.69, 9.17) is 21.0 Å². The quantitative estimate of drug-likeness (QED) is 0.353. The molecule has 0 aliphatic carbocycles. The zero-order valence-corrected chi connectivity index (χ0v) is 19.6. The van der Waals surface area contributed by atoms with Crippen molar-refractivity contribution in [2.24, 2.45) is 0 Å². The average molecular weight is 479 g/mol. The first-order valence-electron chi connectivity index (χ1n) is 11.1. The minimum atomic E-state index is -0.529. The number of hydrogen-bond acceptors (Lipinski definition) is 4. The first kappa shape index (κ1) is 22.2. The molecule has 0 unspecified atom stereocenters. The summed E-state index contributed by atoms with van der Waals surface area (Å²) in [5.74, 6) is -0.0157. The Morgan fingerprint density at radius 2 is 1.88 bits per heavy atom. The largest absolute Gasteiger partial charge is 0.438 e. The molecule has 8 heteroatoms. The fourth-order valence-electron chi connectivity index (χ4n) is 4.26. The van der Waals surface area contributed by atoms with Gasteiger partial charge in [0.2, 0.25) is 5.89 Å². The number of halogens is 2. The van der Waals surface area contributed by atoms with Crippen molar-refractivity contribution >= 4 is 40.1 Å². The van der Waals surface area contributed by atoms with Crippen molar-refractivity contribution in [2.75, 3.05) is 30.9 Å². The van der Waals surface area contributed by atoms with Crippen LogP contribution in [0.2, 0.25) is 5.02 Å². The van der Waals surface area contributed by atoms with Crippen LogP contribution in [0.4, 0.5) is 20.6 Å². The fourth-order valence-corrected chi connectivity index (χ4v) is 4.44. The zero-order chi connectivity index (χ0) is 23.8. The van der Waals surface area contributed by atoms with E-state index < -0.39 is 5.82 Å². The second-order valence-electron chi connectivity index (χ2n) is 8.59. The average Bonchev–Trinajstić information content (AvgIpc) is 3.48. The molecular weight excluding hydrogens is 455 g/mol. The van der Waals surface area contributed by atoms with Crippen LogP contribution in [-0.4, -0.2) is 36.6 Å². The highest BCUT2D eigenvalue weighted by Gasteiger charge is 2.33. The van der Waals surface area contributed by atoms with Crippen LogP contribution in [0.25, 0.3) is 22.2 Å². The molecule has 2 amide bonds. The van der Waals surface area contributed by atoms with Gasteiger partial charge in [0, 0.05) is 32.0 Å². The number of nitrogens with zero attached hydrogens (tertiary/aromatic N) is 3. The topological polar surface area (TPSA) is 61.6 Å². The van der Waals surface area contributed by atoms with Crippen LogP contribution >= 0.6 is 11.6 Å². The zero-order valence-electron chi connectivity index (χ0n) is 18.9. The number of benzene rings is 3. The summed E-state index contributed by atoms with van der Waals surface area (Å²) >= 11 is 5.84. The minimum absolute atomic E-state index is 0.0399. The molecule has 3 aromatic carbocycles. The predicted molar refractivity (Wildman–Crippen MR) is 133 cm³/mol. The molecule has 1 atom stereocenters. The molecule has 2 heterocycles. The number of urea groups is 1. The summed E-state index contributed by atoms with van der Waals surface area (Å²) in [6.45, 7) is 0.577. The number of likely N-dealkylation sites (tertiary alicyclic amines) is 1. The Hall–Kier alpha value is -3.58. The molecule has 1 fully saturated rings. The van der Waals surface area contributed by atoms with Crippen LogP contribution in [0, 0.1) is 5.82 Å². The van der Waals surface area contributed by atoms with E-state index in [2.05, 4.69) is 34.5 Å². The molecule has 4 aromatic rings. The number of nitrogens with one attached hydrogen (secondary N) is 1. The van der Waals surface area contributed by atoms with E-state index in [-0.39, 0.29) is 17.1 Å². The number of fused-ring (bicyclic) bond motifs is 1. The summed E-state index contributed by atoms with van der Waals surface area (Å²) in [6.07, 6.45) is 1.59. The lowest BCUT2D eigenvalue weighted by Crippen LogP contribution is -2.34. The van der Waals surface area contributed by atoms with Crippen molar-refractivity contribution in [3.8, 4) is 11.1 Å². The molecule has 174 valence electrons. The van der Waals surface area contributed by atoms with Crippen molar-refractivity contribution in [2.45, 2.75) is 18.9 Å². The Morgan fingerprint density at radius 1 is 1.12 bits per heavy atom. The maximum Gasteiger partial charge on any atom is 0.322 e. The molecule has 34 heavy (non-hydrogen) atoms. The second-order valence-corrected chi connectivity index (χ2v) is 8.99. The number of oxazole rings is 1. The van der Waals surface area contributed by atoms with E-state index in [1.165, 1.54) is 18.2 Å². The summed E-state index contributed by atoms with van der Waals surface area (Å²) in [7, 11) is 4.03. The Labute approximate surface area is 201 Å². The lowest BCUT2D eigenvalue weighted by molar-refractivity contribution is 0.199. The van der Waals surface area contributed by atoms with Crippen molar-refractivity contribution in [3.63, 3.8) is 0 Å². The van der Waals surface area contributed by atoms with Gasteiger partial charge in [0.1, 0.15) is 17.4 Å². The van der Waals surface area contributed by atoms with Crippen LogP contribution in [-0.2, 0) is 0 Å². The highest BCUT2D eigenvalue weighted by Crippen LogP contribution is 2.35. The van der Waals surface area contributed by atoms with Crippen LogP contribution in [0.5, 0.6) is 0 Å². The summed E-state index contributed by atoms with van der Waals surface area (Å²) in [5.41, 5.74) is 5.15. The van der Waals surface area contributed by atoms with E-state index in [1.54, 1.807) is 4.90 Å². The molecule has 0 bridgehead atoms. The fraction of sp³-hybridized carbons (Fsp3) is 0.231. The third-order valence-corrected chi connectivity index (χ3v) is 6.38. The maximum absolute atomic E-state index is 13.4. The van der Waals surface area contributed by atoms with Gasteiger partial charge in [-0.3, -0.25) is 0 Å². The molecule has 1 aromatic heterocycles. The van der Waals surface area contributed by atoms with Gasteiger partial charge >= 0.3 is 6.03 Å². The molecule has 1 N–H and O–H groups in total. The van der Waals surface area contributed by atoms with Crippen LogP contribution in [0.3, 0.4) is 0 Å². The van der Waals surface area contributed by atoms with Crippen molar-refractivity contribution in [1.29, 1.82) is 0 Å². The number of carbonyl (C=O) groups is 1. The summed E-state index contributed by atoms with van der Waals surface area (Å²) in [6, 6.07) is 17.8. The van der Waals surface area contributed by atoms with Gasteiger partial charge in [-0.15, -0.1) is 0 Å². The summed E-state index contributed by atoms with van der Waals surface area (Å²) in [4.78, 5) is 21.4. The van der Waals surface area contributed by atoms with Gasteiger partial charge in [0.15, 0.2) is 5.58 Å². The Balaban J connectivity index is 1.37. The molecule has 1 aliphatic heterocycles. The molecule has 1 saturated heterocycles. The first-order chi connectivity index (χ1) is 16.4. The van der Waals surface area contributed by atoms with Crippen LogP contribution in [0.1, 0.15) is 24.8 Å². The van der Waals surface area contributed by atoms with E-state index >= 15 is 0 Å². The number of anilines is 2. The number of amides is 2. The molecule has 6 nitrogen and oxygen atoms in total.